The fraction of sp³-hybridized carbons (Fsp3) is 0.381. The first-order valence-corrected chi connectivity index (χ1v) is 8.75. The molecule has 1 amide bonds. The summed E-state index contributed by atoms with van der Waals surface area (Å²) in [5, 5.41) is 3.23. The highest BCUT2D eigenvalue weighted by Crippen LogP contribution is 2.48. The summed E-state index contributed by atoms with van der Waals surface area (Å²) in [6.45, 7) is 0. The molecular weight excluding hydrogens is 312 g/mol. The first kappa shape index (κ1) is 17.3. The third-order valence-electron chi connectivity index (χ3n) is 4.84. The second-order valence-corrected chi connectivity index (χ2v) is 6.89. The molecule has 2 aromatic carbocycles. The summed E-state index contributed by atoms with van der Waals surface area (Å²) in [6, 6.07) is 16.3. The third kappa shape index (κ3) is 3.95. The number of ether oxygens (including phenoxy) is 1. The standard InChI is InChI=1S/C21H26N2O2/c1-23(2)17-11-8-16(9-12-17)10-13-20(24)22-21(14-15-21)18-6-4-5-7-19(18)25-3/h4-9,11-12H,10,13-15H2,1-3H3,(H,22,24). The Morgan fingerprint density at radius 3 is 2.40 bits per heavy atom. The van der Waals surface area contributed by atoms with Crippen molar-refractivity contribution in [2.45, 2.75) is 31.2 Å². The third-order valence-corrected chi connectivity index (χ3v) is 4.84. The predicted octanol–water partition coefficient (Wildman–Crippen LogP) is 3.50. The molecule has 3 rings (SSSR count). The smallest absolute Gasteiger partial charge is 0.221 e. The highest BCUT2D eigenvalue weighted by atomic mass is 16.5. The van der Waals surface area contributed by atoms with Gasteiger partial charge >= 0.3 is 0 Å². The molecule has 0 spiro atoms. The molecule has 0 radical (unpaired) electrons. The Morgan fingerprint density at radius 2 is 1.80 bits per heavy atom. The topological polar surface area (TPSA) is 41.6 Å². The minimum absolute atomic E-state index is 0.0973. The molecule has 0 saturated heterocycles. The lowest BCUT2D eigenvalue weighted by Gasteiger charge is -2.20. The second kappa shape index (κ2) is 7.18. The Morgan fingerprint density at radius 1 is 1.12 bits per heavy atom. The molecule has 0 heterocycles. The van der Waals surface area contributed by atoms with E-state index < -0.39 is 0 Å². The maximum atomic E-state index is 12.5. The average molecular weight is 338 g/mol. The van der Waals surface area contributed by atoms with Crippen LogP contribution in [0, 0.1) is 0 Å². The van der Waals surface area contributed by atoms with Crippen LogP contribution in [-0.4, -0.2) is 27.1 Å². The van der Waals surface area contributed by atoms with Crippen molar-refractivity contribution in [1.82, 2.24) is 5.32 Å². The first-order valence-electron chi connectivity index (χ1n) is 8.75. The van der Waals surface area contributed by atoms with E-state index in [4.69, 9.17) is 4.74 Å². The van der Waals surface area contributed by atoms with Gasteiger partial charge in [-0.25, -0.2) is 0 Å². The summed E-state index contributed by atoms with van der Waals surface area (Å²) in [4.78, 5) is 14.5. The van der Waals surface area contributed by atoms with Crippen LogP contribution in [0.2, 0.25) is 0 Å². The summed E-state index contributed by atoms with van der Waals surface area (Å²) in [7, 11) is 5.72. The van der Waals surface area contributed by atoms with Crippen molar-refractivity contribution < 1.29 is 9.53 Å². The number of methoxy groups -OCH3 is 1. The number of carbonyl (C=O) groups is 1. The highest BCUT2D eigenvalue weighted by molar-refractivity contribution is 5.78. The number of para-hydroxylation sites is 1. The van der Waals surface area contributed by atoms with Gasteiger partial charge < -0.3 is 15.0 Å². The molecule has 2 aromatic rings. The van der Waals surface area contributed by atoms with Crippen LogP contribution in [0.4, 0.5) is 5.69 Å². The molecule has 25 heavy (non-hydrogen) atoms. The summed E-state index contributed by atoms with van der Waals surface area (Å²) in [5.74, 6) is 0.944. The maximum Gasteiger partial charge on any atom is 0.221 e. The molecule has 0 bridgehead atoms. The monoisotopic (exact) mass is 338 g/mol. The van der Waals surface area contributed by atoms with Gasteiger partial charge in [0.05, 0.1) is 12.6 Å². The highest BCUT2D eigenvalue weighted by Gasteiger charge is 2.47. The summed E-state index contributed by atoms with van der Waals surface area (Å²) < 4.78 is 5.46. The van der Waals surface area contributed by atoms with Gasteiger partial charge in [-0.15, -0.1) is 0 Å². The van der Waals surface area contributed by atoms with Crippen LogP contribution in [0.3, 0.4) is 0 Å². The number of nitrogens with zero attached hydrogens (tertiary/aromatic N) is 1. The van der Waals surface area contributed by atoms with Gasteiger partial charge in [-0.2, -0.15) is 0 Å². The average Bonchev–Trinajstić information content (AvgIpc) is 3.40. The van der Waals surface area contributed by atoms with Crippen LogP contribution in [-0.2, 0) is 16.8 Å². The SMILES string of the molecule is COc1ccccc1C1(NC(=O)CCc2ccc(N(C)C)cc2)CC1. The van der Waals surface area contributed by atoms with Crippen molar-refractivity contribution >= 4 is 11.6 Å². The van der Waals surface area contributed by atoms with Crippen LogP contribution in [0.15, 0.2) is 48.5 Å². The van der Waals surface area contributed by atoms with Crippen molar-refractivity contribution in [3.8, 4) is 5.75 Å². The molecule has 1 fully saturated rings. The van der Waals surface area contributed by atoms with Crippen LogP contribution < -0.4 is 15.0 Å². The van der Waals surface area contributed by atoms with E-state index in [2.05, 4.69) is 34.5 Å². The molecule has 1 aliphatic rings. The molecule has 1 saturated carbocycles. The Kier molecular flexibility index (Phi) is 4.98. The number of benzene rings is 2. The minimum Gasteiger partial charge on any atom is -0.496 e. The molecule has 0 aliphatic heterocycles. The van der Waals surface area contributed by atoms with Gasteiger partial charge in [0, 0.05) is 31.8 Å². The zero-order chi connectivity index (χ0) is 17.9. The quantitative estimate of drug-likeness (QED) is 0.840. The normalized spacial score (nSPS) is 14.7. The van der Waals surface area contributed by atoms with Crippen molar-refractivity contribution in [2.75, 3.05) is 26.1 Å². The van der Waals surface area contributed by atoms with Crippen LogP contribution in [0.1, 0.15) is 30.4 Å². The van der Waals surface area contributed by atoms with E-state index in [9.17, 15) is 4.79 Å². The zero-order valence-electron chi connectivity index (χ0n) is 15.2. The summed E-state index contributed by atoms with van der Waals surface area (Å²) in [6.07, 6.45) is 3.19. The predicted molar refractivity (Wildman–Crippen MR) is 101 cm³/mol. The van der Waals surface area contributed by atoms with E-state index in [1.807, 2.05) is 38.4 Å². The van der Waals surface area contributed by atoms with Crippen LogP contribution in [0.25, 0.3) is 0 Å². The molecule has 1 N–H and O–H groups in total. The number of aryl methyl sites for hydroxylation is 1. The van der Waals surface area contributed by atoms with E-state index in [1.54, 1.807) is 7.11 Å². The Labute approximate surface area is 149 Å². The lowest BCUT2D eigenvalue weighted by Crippen LogP contribution is -2.35. The molecule has 1 aliphatic carbocycles. The van der Waals surface area contributed by atoms with Crippen molar-refractivity contribution in [1.29, 1.82) is 0 Å². The van der Waals surface area contributed by atoms with Gasteiger partial charge in [-0.3, -0.25) is 4.79 Å². The number of carbonyl (C=O) groups excluding carboxylic acids is 1. The van der Waals surface area contributed by atoms with Gasteiger partial charge in [-0.05, 0) is 43.0 Å². The van der Waals surface area contributed by atoms with Crippen LogP contribution in [0.5, 0.6) is 5.75 Å². The molecule has 132 valence electrons. The van der Waals surface area contributed by atoms with Gasteiger partial charge in [0.15, 0.2) is 0 Å². The lowest BCUT2D eigenvalue weighted by atomic mass is 10.0. The lowest BCUT2D eigenvalue weighted by molar-refractivity contribution is -0.122. The second-order valence-electron chi connectivity index (χ2n) is 6.89. The van der Waals surface area contributed by atoms with E-state index in [1.165, 1.54) is 11.3 Å². The number of amides is 1. The number of hydrogen-bond donors (Lipinski definition) is 1. The van der Waals surface area contributed by atoms with E-state index in [0.717, 1.165) is 30.6 Å². The largest absolute Gasteiger partial charge is 0.496 e. The van der Waals surface area contributed by atoms with E-state index in [0.29, 0.717) is 6.42 Å². The van der Waals surface area contributed by atoms with Gasteiger partial charge in [0.1, 0.15) is 5.75 Å². The van der Waals surface area contributed by atoms with Gasteiger partial charge in [0.25, 0.3) is 0 Å². The zero-order valence-corrected chi connectivity index (χ0v) is 15.2. The summed E-state index contributed by atoms with van der Waals surface area (Å²) in [5.41, 5.74) is 3.20. The van der Waals surface area contributed by atoms with Crippen molar-refractivity contribution in [3.63, 3.8) is 0 Å². The van der Waals surface area contributed by atoms with E-state index >= 15 is 0 Å². The Balaban J connectivity index is 1.59. The van der Waals surface area contributed by atoms with Gasteiger partial charge in [0.2, 0.25) is 5.91 Å². The Hall–Kier alpha value is -2.49. The van der Waals surface area contributed by atoms with Crippen molar-refractivity contribution in [2.24, 2.45) is 0 Å². The molecule has 0 aromatic heterocycles. The minimum atomic E-state index is -0.238. The maximum absolute atomic E-state index is 12.5. The Bertz CT molecular complexity index is 734. The molecular formula is C21H26N2O2. The number of rotatable bonds is 7. The number of anilines is 1. The fourth-order valence-electron chi connectivity index (χ4n) is 3.17. The molecule has 0 atom stereocenters. The van der Waals surface area contributed by atoms with Crippen LogP contribution >= 0.6 is 0 Å². The van der Waals surface area contributed by atoms with E-state index in [-0.39, 0.29) is 11.4 Å². The first-order chi connectivity index (χ1) is 12.0. The fourth-order valence-corrected chi connectivity index (χ4v) is 3.17. The number of nitrogens with one attached hydrogen (secondary N) is 1. The molecule has 0 unspecified atom stereocenters. The van der Waals surface area contributed by atoms with Crippen molar-refractivity contribution in [3.05, 3.63) is 59.7 Å². The molecule has 4 heteroatoms. The number of hydrogen-bond acceptors (Lipinski definition) is 3. The molecule has 4 nitrogen and oxygen atoms in total. The summed E-state index contributed by atoms with van der Waals surface area (Å²) >= 11 is 0. The van der Waals surface area contributed by atoms with Gasteiger partial charge in [-0.1, -0.05) is 30.3 Å².